The maximum atomic E-state index is 13.7. The molecule has 0 saturated heterocycles. The molecule has 0 radical (unpaired) electrons. The molecule has 4 nitrogen and oxygen atoms in total. The Bertz CT molecular complexity index is 418. The Morgan fingerprint density at radius 3 is 2.79 bits per heavy atom. The van der Waals surface area contributed by atoms with Gasteiger partial charge < -0.3 is 15.8 Å². The fraction of sp³-hybridized carbons (Fsp3) is 0.462. The number of benzene rings is 1. The number of methoxy groups -OCH3 is 1. The Labute approximate surface area is 117 Å². The monoisotopic (exact) mass is 288 g/mol. The van der Waals surface area contributed by atoms with E-state index in [0.717, 1.165) is 0 Å². The van der Waals surface area contributed by atoms with Crippen LogP contribution in [0.1, 0.15) is 24.9 Å². The van der Waals surface area contributed by atoms with Gasteiger partial charge in [-0.3, -0.25) is 4.79 Å². The molecule has 0 bridgehead atoms. The molecule has 106 valence electrons. The van der Waals surface area contributed by atoms with Gasteiger partial charge in [0.1, 0.15) is 5.82 Å². The first-order valence-electron chi connectivity index (χ1n) is 5.95. The zero-order valence-electron chi connectivity index (χ0n) is 11.0. The van der Waals surface area contributed by atoms with Gasteiger partial charge in [0.25, 0.3) is 0 Å². The number of nitrogens with one attached hydrogen (secondary N) is 1. The molecule has 0 heterocycles. The summed E-state index contributed by atoms with van der Waals surface area (Å²) in [5.74, 6) is -0.702. The van der Waals surface area contributed by atoms with Crippen LogP contribution in [0.3, 0.4) is 0 Å². The molecule has 0 fully saturated rings. The van der Waals surface area contributed by atoms with Gasteiger partial charge in [0, 0.05) is 24.2 Å². The number of ether oxygens (including phenoxy) is 1. The summed E-state index contributed by atoms with van der Waals surface area (Å²) >= 11 is 5.93. The number of rotatable bonds is 6. The van der Waals surface area contributed by atoms with Crippen LogP contribution in [0, 0.1) is 5.82 Å². The summed E-state index contributed by atoms with van der Waals surface area (Å²) in [7, 11) is 1.49. The second-order valence-corrected chi connectivity index (χ2v) is 4.63. The summed E-state index contributed by atoms with van der Waals surface area (Å²) in [6.45, 7) is 1.92. The lowest BCUT2D eigenvalue weighted by Crippen LogP contribution is -2.33. The van der Waals surface area contributed by atoms with E-state index in [9.17, 15) is 9.18 Å². The van der Waals surface area contributed by atoms with Crippen molar-refractivity contribution in [1.82, 2.24) is 5.32 Å². The van der Waals surface area contributed by atoms with Gasteiger partial charge in [-0.25, -0.2) is 4.39 Å². The number of carbonyl (C=O) groups excluding carboxylic acids is 1. The van der Waals surface area contributed by atoms with E-state index in [-0.39, 0.29) is 35.6 Å². The lowest BCUT2D eigenvalue weighted by atomic mass is 10.1. The van der Waals surface area contributed by atoms with Crippen molar-refractivity contribution >= 4 is 17.5 Å². The lowest BCUT2D eigenvalue weighted by molar-refractivity contribution is -0.124. The van der Waals surface area contributed by atoms with E-state index in [1.165, 1.54) is 19.2 Å². The number of nitrogens with two attached hydrogens (primary N) is 1. The molecule has 19 heavy (non-hydrogen) atoms. The maximum absolute atomic E-state index is 13.7. The molecule has 1 aromatic rings. The summed E-state index contributed by atoms with van der Waals surface area (Å²) in [5, 5.41) is 2.96. The molecule has 0 spiro atoms. The second kappa shape index (κ2) is 7.43. The summed E-state index contributed by atoms with van der Waals surface area (Å²) in [4.78, 5) is 11.8. The highest BCUT2D eigenvalue weighted by atomic mass is 35.5. The molecule has 0 aliphatic rings. The molecule has 0 aromatic heterocycles. The molecule has 1 aromatic carbocycles. The standard InChI is InChI=1S/C13H18ClFN2O2/c1-8(13-10(14)4-3-5-11(13)15)17-12(18)6-9(7-16)19-2/h3-5,8-9H,6-7,16H2,1-2H3,(H,17,18). The molecule has 6 heteroatoms. The third kappa shape index (κ3) is 4.45. The van der Waals surface area contributed by atoms with Crippen LogP contribution in [-0.4, -0.2) is 25.7 Å². The first-order valence-corrected chi connectivity index (χ1v) is 6.33. The average molecular weight is 289 g/mol. The van der Waals surface area contributed by atoms with Crippen LogP contribution < -0.4 is 11.1 Å². The van der Waals surface area contributed by atoms with Gasteiger partial charge in [0.05, 0.1) is 18.6 Å². The maximum Gasteiger partial charge on any atom is 0.223 e. The van der Waals surface area contributed by atoms with Crippen LogP contribution in [0.4, 0.5) is 4.39 Å². The fourth-order valence-corrected chi connectivity index (χ4v) is 2.09. The fourth-order valence-electron chi connectivity index (χ4n) is 1.77. The van der Waals surface area contributed by atoms with Gasteiger partial charge in [-0.15, -0.1) is 0 Å². The first kappa shape index (κ1) is 15.9. The van der Waals surface area contributed by atoms with E-state index >= 15 is 0 Å². The van der Waals surface area contributed by atoms with Crippen molar-refractivity contribution in [1.29, 1.82) is 0 Å². The Kier molecular flexibility index (Phi) is 6.21. The summed E-state index contributed by atoms with van der Waals surface area (Å²) in [5.41, 5.74) is 5.71. The molecular formula is C13H18ClFN2O2. The van der Waals surface area contributed by atoms with Crippen molar-refractivity contribution in [2.24, 2.45) is 5.73 Å². The largest absolute Gasteiger partial charge is 0.380 e. The van der Waals surface area contributed by atoms with Gasteiger partial charge in [0.15, 0.2) is 0 Å². The highest BCUT2D eigenvalue weighted by Crippen LogP contribution is 2.25. The number of halogens is 2. The molecule has 2 unspecified atom stereocenters. The Balaban J connectivity index is 2.69. The molecule has 1 rings (SSSR count). The van der Waals surface area contributed by atoms with Crippen molar-refractivity contribution in [2.45, 2.75) is 25.5 Å². The minimum atomic E-state index is -0.517. The molecule has 3 N–H and O–H groups in total. The van der Waals surface area contributed by atoms with Crippen LogP contribution in [-0.2, 0) is 9.53 Å². The van der Waals surface area contributed by atoms with Crippen molar-refractivity contribution in [3.8, 4) is 0 Å². The molecular weight excluding hydrogens is 271 g/mol. The Hall–Kier alpha value is -1.17. The summed E-state index contributed by atoms with van der Waals surface area (Å²) in [6, 6.07) is 3.89. The van der Waals surface area contributed by atoms with Gasteiger partial charge in [0.2, 0.25) is 5.91 Å². The highest BCUT2D eigenvalue weighted by Gasteiger charge is 2.18. The summed E-state index contributed by atoms with van der Waals surface area (Å²) in [6.07, 6.45) is -0.216. The zero-order valence-corrected chi connectivity index (χ0v) is 11.7. The van der Waals surface area contributed by atoms with Crippen LogP contribution in [0.5, 0.6) is 0 Å². The predicted octanol–water partition coefficient (Wildman–Crippen LogP) is 2.02. The van der Waals surface area contributed by atoms with Gasteiger partial charge in [-0.2, -0.15) is 0 Å². The SMILES string of the molecule is COC(CN)CC(=O)NC(C)c1c(F)cccc1Cl. The number of carbonyl (C=O) groups is 1. The molecule has 1 amide bonds. The predicted molar refractivity (Wildman–Crippen MR) is 72.4 cm³/mol. The quantitative estimate of drug-likeness (QED) is 0.842. The number of hydrogen-bond donors (Lipinski definition) is 2. The van der Waals surface area contributed by atoms with Crippen molar-refractivity contribution < 1.29 is 13.9 Å². The van der Waals surface area contributed by atoms with Gasteiger partial charge >= 0.3 is 0 Å². The molecule has 0 aliphatic heterocycles. The third-order valence-corrected chi connectivity index (χ3v) is 3.15. The van der Waals surface area contributed by atoms with Crippen LogP contribution in [0.25, 0.3) is 0 Å². The second-order valence-electron chi connectivity index (χ2n) is 4.22. The van der Waals surface area contributed by atoms with Crippen molar-refractivity contribution in [2.75, 3.05) is 13.7 Å². The first-order chi connectivity index (χ1) is 8.99. The van der Waals surface area contributed by atoms with Gasteiger partial charge in [-0.05, 0) is 19.1 Å². The zero-order chi connectivity index (χ0) is 14.4. The smallest absolute Gasteiger partial charge is 0.223 e. The van der Waals surface area contributed by atoms with Crippen LogP contribution in [0.15, 0.2) is 18.2 Å². The minimum Gasteiger partial charge on any atom is -0.380 e. The number of amides is 1. The average Bonchev–Trinajstić information content (AvgIpc) is 2.35. The minimum absolute atomic E-state index is 0.128. The van der Waals surface area contributed by atoms with E-state index < -0.39 is 11.9 Å². The van der Waals surface area contributed by atoms with E-state index in [1.54, 1.807) is 13.0 Å². The van der Waals surface area contributed by atoms with E-state index in [2.05, 4.69) is 5.32 Å². The molecule has 0 aliphatic carbocycles. The lowest BCUT2D eigenvalue weighted by Gasteiger charge is -2.18. The number of hydrogen-bond acceptors (Lipinski definition) is 3. The highest BCUT2D eigenvalue weighted by molar-refractivity contribution is 6.31. The van der Waals surface area contributed by atoms with Gasteiger partial charge in [-0.1, -0.05) is 17.7 Å². The van der Waals surface area contributed by atoms with Crippen LogP contribution in [0.2, 0.25) is 5.02 Å². The molecule has 0 saturated carbocycles. The Morgan fingerprint density at radius 1 is 1.58 bits per heavy atom. The summed E-state index contributed by atoms with van der Waals surface area (Å²) < 4.78 is 18.7. The van der Waals surface area contributed by atoms with Crippen LogP contribution >= 0.6 is 11.6 Å². The third-order valence-electron chi connectivity index (χ3n) is 2.82. The Morgan fingerprint density at radius 2 is 2.26 bits per heavy atom. The normalized spacial score (nSPS) is 13.9. The molecule has 2 atom stereocenters. The van der Waals surface area contributed by atoms with Crippen molar-refractivity contribution in [3.63, 3.8) is 0 Å². The van der Waals surface area contributed by atoms with Crippen molar-refractivity contribution in [3.05, 3.63) is 34.6 Å². The van der Waals surface area contributed by atoms with E-state index in [0.29, 0.717) is 0 Å². The van der Waals surface area contributed by atoms with E-state index in [1.807, 2.05) is 0 Å². The topological polar surface area (TPSA) is 64.3 Å². The van der Waals surface area contributed by atoms with E-state index in [4.69, 9.17) is 22.1 Å².